The molecule has 1 aromatic rings. The SMILES string of the molecule is C=C(OC(=O)C(F)(F)F)C(=O)N(CCN)Cc1cn(C)nn1. The highest BCUT2D eigenvalue weighted by molar-refractivity contribution is 5.94. The van der Waals surface area contributed by atoms with Gasteiger partial charge < -0.3 is 15.4 Å². The van der Waals surface area contributed by atoms with Gasteiger partial charge in [0.1, 0.15) is 5.69 Å². The van der Waals surface area contributed by atoms with E-state index in [1.165, 1.54) is 10.9 Å². The van der Waals surface area contributed by atoms with E-state index in [0.717, 1.165) is 4.90 Å². The largest absolute Gasteiger partial charge is 0.491 e. The van der Waals surface area contributed by atoms with Gasteiger partial charge in [0.2, 0.25) is 0 Å². The molecule has 0 saturated heterocycles. The molecule has 0 spiro atoms. The van der Waals surface area contributed by atoms with Crippen LogP contribution in [0.3, 0.4) is 0 Å². The fourth-order valence-corrected chi connectivity index (χ4v) is 1.46. The zero-order valence-corrected chi connectivity index (χ0v) is 11.6. The molecule has 1 rings (SSSR count). The highest BCUT2D eigenvalue weighted by atomic mass is 19.4. The van der Waals surface area contributed by atoms with E-state index in [1.54, 1.807) is 7.05 Å². The molecule has 22 heavy (non-hydrogen) atoms. The van der Waals surface area contributed by atoms with Gasteiger partial charge >= 0.3 is 12.1 Å². The van der Waals surface area contributed by atoms with Crippen molar-refractivity contribution in [1.82, 2.24) is 19.9 Å². The molecule has 0 radical (unpaired) electrons. The summed E-state index contributed by atoms with van der Waals surface area (Å²) in [6.07, 6.45) is -3.70. The summed E-state index contributed by atoms with van der Waals surface area (Å²) < 4.78 is 41.6. The van der Waals surface area contributed by atoms with E-state index in [4.69, 9.17) is 5.73 Å². The molecule has 0 aliphatic heterocycles. The number of amides is 1. The minimum absolute atomic E-state index is 0.0119. The van der Waals surface area contributed by atoms with Gasteiger partial charge in [-0.1, -0.05) is 11.8 Å². The third kappa shape index (κ3) is 4.84. The van der Waals surface area contributed by atoms with Crippen LogP contribution in [0.5, 0.6) is 0 Å². The predicted octanol–water partition coefficient (Wildman–Crippen LogP) is -0.278. The van der Waals surface area contributed by atoms with E-state index in [0.29, 0.717) is 5.69 Å². The van der Waals surface area contributed by atoms with Crippen molar-refractivity contribution >= 4 is 11.9 Å². The number of aromatic nitrogens is 3. The minimum Gasteiger partial charge on any atom is -0.415 e. The molecule has 0 aliphatic rings. The maximum Gasteiger partial charge on any atom is 0.491 e. The minimum atomic E-state index is -5.22. The molecule has 11 heteroatoms. The number of nitrogens with two attached hydrogens (primary N) is 1. The molecular weight excluding hydrogens is 307 g/mol. The topological polar surface area (TPSA) is 103 Å². The molecule has 0 unspecified atom stereocenters. The maximum atomic E-state index is 12.1. The zero-order valence-electron chi connectivity index (χ0n) is 11.6. The Bertz CT molecular complexity index is 570. The Hall–Kier alpha value is -2.43. The van der Waals surface area contributed by atoms with Gasteiger partial charge in [-0.05, 0) is 0 Å². The van der Waals surface area contributed by atoms with Gasteiger partial charge in [0.25, 0.3) is 5.91 Å². The van der Waals surface area contributed by atoms with Gasteiger partial charge in [-0.25, -0.2) is 4.79 Å². The van der Waals surface area contributed by atoms with Crippen LogP contribution in [0.4, 0.5) is 13.2 Å². The molecule has 1 amide bonds. The first kappa shape index (κ1) is 17.6. The number of nitrogens with zero attached hydrogens (tertiary/aromatic N) is 4. The summed E-state index contributed by atoms with van der Waals surface area (Å²) >= 11 is 0. The highest BCUT2D eigenvalue weighted by Gasteiger charge is 2.42. The van der Waals surface area contributed by atoms with Gasteiger partial charge in [0.15, 0.2) is 5.76 Å². The summed E-state index contributed by atoms with van der Waals surface area (Å²) in [4.78, 5) is 23.7. The number of carbonyl (C=O) groups is 2. The van der Waals surface area contributed by atoms with Crippen LogP contribution in [0.1, 0.15) is 5.69 Å². The number of alkyl halides is 3. The maximum absolute atomic E-state index is 12.1. The van der Waals surface area contributed by atoms with Crippen molar-refractivity contribution in [1.29, 1.82) is 0 Å². The number of rotatable bonds is 6. The molecule has 2 N–H and O–H groups in total. The lowest BCUT2D eigenvalue weighted by atomic mass is 10.3. The monoisotopic (exact) mass is 321 g/mol. The zero-order chi connectivity index (χ0) is 16.9. The fourth-order valence-electron chi connectivity index (χ4n) is 1.46. The van der Waals surface area contributed by atoms with E-state index in [2.05, 4.69) is 21.6 Å². The number of halogens is 3. The van der Waals surface area contributed by atoms with Crippen LogP contribution in [-0.2, 0) is 27.9 Å². The second-order valence-corrected chi connectivity index (χ2v) is 4.21. The van der Waals surface area contributed by atoms with Crippen molar-refractivity contribution in [2.24, 2.45) is 12.8 Å². The van der Waals surface area contributed by atoms with Crippen molar-refractivity contribution in [2.75, 3.05) is 13.1 Å². The lowest BCUT2D eigenvalue weighted by Gasteiger charge is -2.21. The lowest BCUT2D eigenvalue weighted by Crippen LogP contribution is -2.37. The Morgan fingerprint density at radius 3 is 2.59 bits per heavy atom. The number of ether oxygens (including phenoxy) is 1. The van der Waals surface area contributed by atoms with Crippen molar-refractivity contribution in [2.45, 2.75) is 12.7 Å². The number of esters is 1. The molecule has 1 heterocycles. The van der Waals surface area contributed by atoms with E-state index in [1.807, 2.05) is 0 Å². The molecule has 8 nitrogen and oxygen atoms in total. The molecule has 0 saturated carbocycles. The number of carbonyl (C=O) groups excluding carboxylic acids is 2. The predicted molar refractivity (Wildman–Crippen MR) is 66.8 cm³/mol. The van der Waals surface area contributed by atoms with Gasteiger partial charge in [-0.15, -0.1) is 5.10 Å². The standard InChI is InChI=1S/C11H14F3N5O3/c1-7(22-10(21)11(12,13)14)9(20)19(4-3-15)6-8-5-18(2)17-16-8/h5H,1,3-4,6,15H2,2H3. The Balaban J connectivity index is 2.76. The summed E-state index contributed by atoms with van der Waals surface area (Å²) in [6.45, 7) is 3.04. The summed E-state index contributed by atoms with van der Waals surface area (Å²) in [5.41, 5.74) is 5.73. The Labute approximate surface area is 123 Å². The van der Waals surface area contributed by atoms with Crippen molar-refractivity contribution in [3.63, 3.8) is 0 Å². The van der Waals surface area contributed by atoms with E-state index < -0.39 is 23.8 Å². The molecular formula is C11H14F3N5O3. The normalized spacial score (nSPS) is 11.1. The molecule has 0 atom stereocenters. The third-order valence-electron chi connectivity index (χ3n) is 2.38. The van der Waals surface area contributed by atoms with Crippen LogP contribution in [-0.4, -0.2) is 51.0 Å². The molecule has 0 fully saturated rings. The number of aryl methyl sites for hydroxylation is 1. The molecule has 1 aromatic heterocycles. The number of hydrogen-bond donors (Lipinski definition) is 1. The summed E-state index contributed by atoms with van der Waals surface area (Å²) in [6, 6.07) is 0. The van der Waals surface area contributed by atoms with Gasteiger partial charge in [-0.3, -0.25) is 9.48 Å². The van der Waals surface area contributed by atoms with Crippen molar-refractivity contribution in [3.05, 3.63) is 24.2 Å². The van der Waals surface area contributed by atoms with Crippen LogP contribution in [0.2, 0.25) is 0 Å². The van der Waals surface area contributed by atoms with E-state index in [9.17, 15) is 22.8 Å². The molecule has 0 bridgehead atoms. The van der Waals surface area contributed by atoms with Crippen LogP contribution in [0.25, 0.3) is 0 Å². The first-order chi connectivity index (χ1) is 10.1. The van der Waals surface area contributed by atoms with Crippen molar-refractivity contribution < 1.29 is 27.5 Å². The Morgan fingerprint density at radius 2 is 2.14 bits per heavy atom. The highest BCUT2D eigenvalue weighted by Crippen LogP contribution is 2.19. The fraction of sp³-hybridized carbons (Fsp3) is 0.455. The van der Waals surface area contributed by atoms with E-state index in [-0.39, 0.29) is 19.6 Å². The average molecular weight is 321 g/mol. The average Bonchev–Trinajstić information content (AvgIpc) is 2.81. The summed E-state index contributed by atoms with van der Waals surface area (Å²) in [5.74, 6) is -4.45. The quantitative estimate of drug-likeness (QED) is 0.439. The van der Waals surface area contributed by atoms with Crippen LogP contribution < -0.4 is 5.73 Å². The van der Waals surface area contributed by atoms with Crippen LogP contribution in [0, 0.1) is 0 Å². The van der Waals surface area contributed by atoms with Gasteiger partial charge in [0, 0.05) is 26.3 Å². The Morgan fingerprint density at radius 1 is 1.50 bits per heavy atom. The van der Waals surface area contributed by atoms with Crippen LogP contribution in [0.15, 0.2) is 18.5 Å². The molecule has 0 aliphatic carbocycles. The smallest absolute Gasteiger partial charge is 0.415 e. The first-order valence-electron chi connectivity index (χ1n) is 5.97. The Kier molecular flexibility index (Phi) is 5.63. The summed E-state index contributed by atoms with van der Waals surface area (Å²) in [5, 5.41) is 7.40. The first-order valence-corrected chi connectivity index (χ1v) is 5.97. The van der Waals surface area contributed by atoms with Crippen molar-refractivity contribution in [3.8, 4) is 0 Å². The lowest BCUT2D eigenvalue weighted by molar-refractivity contribution is -0.196. The molecule has 122 valence electrons. The summed E-state index contributed by atoms with van der Waals surface area (Å²) in [7, 11) is 1.61. The van der Waals surface area contributed by atoms with Crippen LogP contribution >= 0.6 is 0 Å². The van der Waals surface area contributed by atoms with Gasteiger partial charge in [0.05, 0.1) is 6.54 Å². The second kappa shape index (κ2) is 7.02. The number of hydrogen-bond acceptors (Lipinski definition) is 6. The van der Waals surface area contributed by atoms with Gasteiger partial charge in [-0.2, -0.15) is 13.2 Å². The molecule has 0 aromatic carbocycles. The third-order valence-corrected chi connectivity index (χ3v) is 2.38. The second-order valence-electron chi connectivity index (χ2n) is 4.21. The van der Waals surface area contributed by atoms with E-state index >= 15 is 0 Å².